The lowest BCUT2D eigenvalue weighted by Gasteiger charge is -2.36. The van der Waals surface area contributed by atoms with Crippen molar-refractivity contribution < 1.29 is 4.79 Å². The van der Waals surface area contributed by atoms with E-state index < -0.39 is 0 Å². The highest BCUT2D eigenvalue weighted by atomic mass is 35.5. The minimum absolute atomic E-state index is 0.124. The van der Waals surface area contributed by atoms with Gasteiger partial charge < -0.3 is 9.80 Å². The number of carbonyl (C=O) groups excluding carboxylic acids is 1. The molecule has 0 N–H and O–H groups in total. The molecule has 2 aromatic rings. The van der Waals surface area contributed by atoms with Gasteiger partial charge in [0.25, 0.3) is 0 Å². The van der Waals surface area contributed by atoms with Gasteiger partial charge in [-0.1, -0.05) is 11.6 Å². The molecule has 1 aliphatic rings. The van der Waals surface area contributed by atoms with Gasteiger partial charge in [0.2, 0.25) is 5.91 Å². The van der Waals surface area contributed by atoms with Gasteiger partial charge in [-0.2, -0.15) is 5.10 Å². The molecule has 0 aliphatic carbocycles. The second kappa shape index (κ2) is 6.40. The van der Waals surface area contributed by atoms with Gasteiger partial charge in [-0.05, 0) is 37.3 Å². The second-order valence-electron chi connectivity index (χ2n) is 5.50. The number of anilines is 1. The molecule has 6 heteroatoms. The van der Waals surface area contributed by atoms with Crippen molar-refractivity contribution in [3.63, 3.8) is 0 Å². The zero-order chi connectivity index (χ0) is 15.5. The quantitative estimate of drug-likeness (QED) is 0.871. The van der Waals surface area contributed by atoms with Crippen LogP contribution in [0.4, 0.5) is 5.69 Å². The predicted octanol–water partition coefficient (Wildman–Crippen LogP) is 2.19. The molecule has 1 amide bonds. The first-order chi connectivity index (χ1) is 10.6. The van der Waals surface area contributed by atoms with Crippen molar-refractivity contribution in [2.45, 2.75) is 13.5 Å². The number of carbonyl (C=O) groups is 1. The summed E-state index contributed by atoms with van der Waals surface area (Å²) >= 11 is 5.91. The highest BCUT2D eigenvalue weighted by molar-refractivity contribution is 6.30. The molecule has 1 aromatic carbocycles. The SMILES string of the molecule is Cc1ccn(CC(=O)N2CCN(c3ccc(Cl)cc3)CC2)n1. The third kappa shape index (κ3) is 3.42. The first-order valence-electron chi connectivity index (χ1n) is 7.40. The molecular formula is C16H19ClN4O. The molecule has 0 bridgehead atoms. The molecule has 0 radical (unpaired) electrons. The lowest BCUT2D eigenvalue weighted by atomic mass is 10.2. The molecule has 1 saturated heterocycles. The summed E-state index contributed by atoms with van der Waals surface area (Å²) < 4.78 is 1.70. The van der Waals surface area contributed by atoms with Gasteiger partial charge in [-0.25, -0.2) is 0 Å². The van der Waals surface area contributed by atoms with E-state index in [9.17, 15) is 4.79 Å². The molecule has 0 spiro atoms. The summed E-state index contributed by atoms with van der Waals surface area (Å²) in [5.41, 5.74) is 2.08. The Morgan fingerprint density at radius 3 is 2.41 bits per heavy atom. The molecule has 3 rings (SSSR count). The first kappa shape index (κ1) is 14.9. The van der Waals surface area contributed by atoms with Crippen molar-refractivity contribution in [1.29, 1.82) is 0 Å². The zero-order valence-electron chi connectivity index (χ0n) is 12.6. The van der Waals surface area contributed by atoms with Gasteiger partial charge in [-0.3, -0.25) is 9.48 Å². The van der Waals surface area contributed by atoms with Crippen molar-refractivity contribution in [1.82, 2.24) is 14.7 Å². The monoisotopic (exact) mass is 318 g/mol. The number of benzene rings is 1. The maximum atomic E-state index is 12.3. The van der Waals surface area contributed by atoms with E-state index in [1.165, 1.54) is 0 Å². The lowest BCUT2D eigenvalue weighted by Crippen LogP contribution is -2.49. The van der Waals surface area contributed by atoms with Crippen molar-refractivity contribution in [3.8, 4) is 0 Å². The van der Waals surface area contributed by atoms with Crippen LogP contribution in [0.3, 0.4) is 0 Å². The third-order valence-corrected chi connectivity index (χ3v) is 4.15. The average molecular weight is 319 g/mol. The van der Waals surface area contributed by atoms with Gasteiger partial charge >= 0.3 is 0 Å². The summed E-state index contributed by atoms with van der Waals surface area (Å²) in [7, 11) is 0. The third-order valence-electron chi connectivity index (χ3n) is 3.90. The summed E-state index contributed by atoms with van der Waals surface area (Å²) in [6.07, 6.45) is 1.84. The molecule has 0 saturated carbocycles. The van der Waals surface area contributed by atoms with E-state index in [1.807, 2.05) is 48.4 Å². The Bertz CT molecular complexity index is 644. The predicted molar refractivity (Wildman–Crippen MR) is 87.2 cm³/mol. The highest BCUT2D eigenvalue weighted by Gasteiger charge is 2.21. The average Bonchev–Trinajstić information content (AvgIpc) is 2.93. The Hall–Kier alpha value is -2.01. The summed E-state index contributed by atoms with van der Waals surface area (Å²) in [5.74, 6) is 0.124. The Morgan fingerprint density at radius 1 is 1.14 bits per heavy atom. The molecule has 1 fully saturated rings. The molecule has 0 atom stereocenters. The molecule has 1 aliphatic heterocycles. The number of aryl methyl sites for hydroxylation is 1. The molecule has 22 heavy (non-hydrogen) atoms. The minimum Gasteiger partial charge on any atom is -0.368 e. The van der Waals surface area contributed by atoms with E-state index in [0.717, 1.165) is 42.6 Å². The van der Waals surface area contributed by atoms with Crippen LogP contribution in [0.25, 0.3) is 0 Å². The summed E-state index contributed by atoms with van der Waals surface area (Å²) in [5, 5.41) is 5.01. The Morgan fingerprint density at radius 2 is 1.82 bits per heavy atom. The Labute approximate surface area is 135 Å². The summed E-state index contributed by atoms with van der Waals surface area (Å²) in [4.78, 5) is 16.5. The van der Waals surface area contributed by atoms with Crippen LogP contribution in [0.2, 0.25) is 5.02 Å². The number of rotatable bonds is 3. The van der Waals surface area contributed by atoms with Crippen LogP contribution in [0, 0.1) is 6.92 Å². The maximum absolute atomic E-state index is 12.3. The number of nitrogens with zero attached hydrogens (tertiary/aromatic N) is 4. The lowest BCUT2D eigenvalue weighted by molar-refractivity contribution is -0.132. The highest BCUT2D eigenvalue weighted by Crippen LogP contribution is 2.19. The maximum Gasteiger partial charge on any atom is 0.244 e. The molecule has 1 aromatic heterocycles. The molecule has 2 heterocycles. The number of halogens is 1. The van der Waals surface area contributed by atoms with E-state index in [1.54, 1.807) is 4.68 Å². The van der Waals surface area contributed by atoms with E-state index in [4.69, 9.17) is 11.6 Å². The van der Waals surface area contributed by atoms with Crippen LogP contribution in [-0.4, -0.2) is 46.8 Å². The fourth-order valence-corrected chi connectivity index (χ4v) is 2.78. The summed E-state index contributed by atoms with van der Waals surface area (Å²) in [6.45, 7) is 5.39. The standard InChI is InChI=1S/C16H19ClN4O/c1-13-6-7-21(18-13)12-16(22)20-10-8-19(9-11-20)15-4-2-14(17)3-5-15/h2-7H,8-12H2,1H3. The van der Waals surface area contributed by atoms with Crippen LogP contribution < -0.4 is 4.90 Å². The van der Waals surface area contributed by atoms with Gasteiger partial charge in [0, 0.05) is 43.1 Å². The molecular weight excluding hydrogens is 300 g/mol. The van der Waals surface area contributed by atoms with Crippen molar-refractivity contribution in [2.75, 3.05) is 31.1 Å². The normalized spacial score (nSPS) is 15.2. The van der Waals surface area contributed by atoms with E-state index in [2.05, 4.69) is 10.00 Å². The molecule has 116 valence electrons. The molecule has 5 nitrogen and oxygen atoms in total. The zero-order valence-corrected chi connectivity index (χ0v) is 13.3. The van der Waals surface area contributed by atoms with Crippen molar-refractivity contribution in [2.24, 2.45) is 0 Å². The van der Waals surface area contributed by atoms with Gasteiger partial charge in [-0.15, -0.1) is 0 Å². The van der Waals surface area contributed by atoms with Gasteiger partial charge in [0.15, 0.2) is 0 Å². The molecule has 0 unspecified atom stereocenters. The van der Waals surface area contributed by atoms with E-state index in [0.29, 0.717) is 6.54 Å². The van der Waals surface area contributed by atoms with Crippen LogP contribution in [0.5, 0.6) is 0 Å². The van der Waals surface area contributed by atoms with Crippen molar-refractivity contribution >= 4 is 23.2 Å². The second-order valence-corrected chi connectivity index (χ2v) is 5.94. The van der Waals surface area contributed by atoms with Crippen LogP contribution >= 0.6 is 11.6 Å². The number of hydrogen-bond donors (Lipinski definition) is 0. The Kier molecular flexibility index (Phi) is 4.34. The van der Waals surface area contributed by atoms with Gasteiger partial charge in [0.05, 0.1) is 5.69 Å². The number of amides is 1. The largest absolute Gasteiger partial charge is 0.368 e. The van der Waals surface area contributed by atoms with Crippen molar-refractivity contribution in [3.05, 3.63) is 47.2 Å². The fourth-order valence-electron chi connectivity index (χ4n) is 2.66. The van der Waals surface area contributed by atoms with Crippen LogP contribution in [-0.2, 0) is 11.3 Å². The van der Waals surface area contributed by atoms with E-state index in [-0.39, 0.29) is 5.91 Å². The summed E-state index contributed by atoms with van der Waals surface area (Å²) in [6, 6.07) is 9.74. The fraction of sp³-hybridized carbons (Fsp3) is 0.375. The topological polar surface area (TPSA) is 41.4 Å². The van der Waals surface area contributed by atoms with Gasteiger partial charge in [0.1, 0.15) is 6.54 Å². The number of hydrogen-bond acceptors (Lipinski definition) is 3. The smallest absolute Gasteiger partial charge is 0.244 e. The van der Waals surface area contributed by atoms with Crippen LogP contribution in [0.1, 0.15) is 5.69 Å². The Balaban J connectivity index is 1.54. The first-order valence-corrected chi connectivity index (χ1v) is 7.78. The number of aromatic nitrogens is 2. The van der Waals surface area contributed by atoms with Crippen LogP contribution in [0.15, 0.2) is 36.5 Å². The van der Waals surface area contributed by atoms with E-state index >= 15 is 0 Å². The minimum atomic E-state index is 0.124. The number of piperazine rings is 1.